The lowest BCUT2D eigenvalue weighted by Crippen LogP contribution is -2.29. The van der Waals surface area contributed by atoms with Crippen molar-refractivity contribution in [2.24, 2.45) is 5.92 Å². The summed E-state index contributed by atoms with van der Waals surface area (Å²) >= 11 is 0. The minimum atomic E-state index is -0.503. The van der Waals surface area contributed by atoms with E-state index in [0.29, 0.717) is 19.1 Å². The van der Waals surface area contributed by atoms with Crippen molar-refractivity contribution in [3.05, 3.63) is 29.8 Å². The molecule has 0 radical (unpaired) electrons. The number of aliphatic hydroxyl groups excluding tert-OH is 1. The highest BCUT2D eigenvalue weighted by molar-refractivity contribution is 5.35. The summed E-state index contributed by atoms with van der Waals surface area (Å²) in [5.41, 5.74) is 0.875. The summed E-state index contributed by atoms with van der Waals surface area (Å²) in [6.07, 6.45) is 0.660. The van der Waals surface area contributed by atoms with Gasteiger partial charge in [-0.1, -0.05) is 38.5 Å². The number of hydrogen-bond donors (Lipinski definition) is 1. The van der Waals surface area contributed by atoms with Gasteiger partial charge in [-0.15, -0.1) is 0 Å². The van der Waals surface area contributed by atoms with Crippen molar-refractivity contribution in [1.29, 1.82) is 0 Å². The minimum absolute atomic E-state index is 0.503. The van der Waals surface area contributed by atoms with Gasteiger partial charge in [0.25, 0.3) is 0 Å². The molecule has 0 saturated carbocycles. The number of para-hydroxylation sites is 1. The monoisotopic (exact) mass is 265 g/mol. The lowest BCUT2D eigenvalue weighted by atomic mass is 10.1. The van der Waals surface area contributed by atoms with Gasteiger partial charge in [0, 0.05) is 18.7 Å². The van der Waals surface area contributed by atoms with E-state index in [4.69, 9.17) is 4.74 Å². The first-order chi connectivity index (χ1) is 9.08. The number of benzene rings is 1. The minimum Gasteiger partial charge on any atom is -0.493 e. The van der Waals surface area contributed by atoms with Crippen LogP contribution in [0.5, 0.6) is 5.75 Å². The molecule has 0 bridgehead atoms. The first kappa shape index (κ1) is 16.0. The largest absolute Gasteiger partial charge is 0.493 e. The zero-order valence-electron chi connectivity index (χ0n) is 12.6. The number of rotatable bonds is 8. The van der Waals surface area contributed by atoms with Crippen LogP contribution in [0.2, 0.25) is 0 Å². The number of ether oxygens (including phenoxy) is 1. The first-order valence-electron chi connectivity index (χ1n) is 7.16. The van der Waals surface area contributed by atoms with Gasteiger partial charge in [0.15, 0.2) is 0 Å². The third-order valence-electron chi connectivity index (χ3n) is 3.38. The highest BCUT2D eigenvalue weighted by Crippen LogP contribution is 2.25. The van der Waals surface area contributed by atoms with Crippen LogP contribution in [-0.2, 0) is 0 Å². The maximum Gasteiger partial charge on any atom is 0.125 e. The molecule has 0 aliphatic heterocycles. The molecule has 0 fully saturated rings. The van der Waals surface area contributed by atoms with Crippen molar-refractivity contribution in [2.45, 2.75) is 33.3 Å². The summed E-state index contributed by atoms with van der Waals surface area (Å²) in [7, 11) is 2.05. The van der Waals surface area contributed by atoms with E-state index in [1.807, 2.05) is 31.2 Å². The number of nitrogens with zero attached hydrogens (tertiary/aromatic N) is 1. The predicted octanol–water partition coefficient (Wildman–Crippen LogP) is 3.10. The van der Waals surface area contributed by atoms with Crippen molar-refractivity contribution in [3.8, 4) is 5.75 Å². The van der Waals surface area contributed by atoms with E-state index >= 15 is 0 Å². The molecule has 2 atom stereocenters. The second-order valence-corrected chi connectivity index (χ2v) is 5.22. The second kappa shape index (κ2) is 8.18. The first-order valence-corrected chi connectivity index (χ1v) is 7.16. The summed E-state index contributed by atoms with van der Waals surface area (Å²) in [5, 5.41) is 10.4. The van der Waals surface area contributed by atoms with E-state index in [0.717, 1.165) is 24.3 Å². The molecule has 3 nitrogen and oxygen atoms in total. The van der Waals surface area contributed by atoms with Crippen molar-refractivity contribution in [2.75, 3.05) is 26.7 Å². The Hall–Kier alpha value is -1.06. The molecule has 0 heterocycles. The Balaban J connectivity index is 2.64. The third kappa shape index (κ3) is 5.21. The van der Waals surface area contributed by atoms with Gasteiger partial charge in [-0.2, -0.15) is 0 Å². The van der Waals surface area contributed by atoms with Gasteiger partial charge in [0.1, 0.15) is 5.75 Å². The fourth-order valence-electron chi connectivity index (χ4n) is 2.17. The summed E-state index contributed by atoms with van der Waals surface area (Å²) in [6.45, 7) is 8.64. The molecule has 1 rings (SSSR count). The van der Waals surface area contributed by atoms with Crippen molar-refractivity contribution in [3.63, 3.8) is 0 Å². The average molecular weight is 265 g/mol. The van der Waals surface area contributed by atoms with Gasteiger partial charge in [-0.3, -0.25) is 0 Å². The van der Waals surface area contributed by atoms with Gasteiger partial charge < -0.3 is 14.7 Å². The van der Waals surface area contributed by atoms with Crippen LogP contribution in [0.25, 0.3) is 0 Å². The highest BCUT2D eigenvalue weighted by atomic mass is 16.5. The molecule has 1 aromatic rings. The summed E-state index contributed by atoms with van der Waals surface area (Å²) in [6, 6.07) is 7.73. The normalized spacial score (nSPS) is 14.4. The van der Waals surface area contributed by atoms with Gasteiger partial charge in [-0.25, -0.2) is 0 Å². The topological polar surface area (TPSA) is 32.7 Å². The van der Waals surface area contributed by atoms with Crippen molar-refractivity contribution < 1.29 is 9.84 Å². The number of aliphatic hydroxyl groups is 1. The maximum absolute atomic E-state index is 10.4. The number of hydrogen-bond acceptors (Lipinski definition) is 3. The molecule has 0 aromatic heterocycles. The molecule has 3 heteroatoms. The van der Waals surface area contributed by atoms with Crippen LogP contribution in [0.1, 0.15) is 38.9 Å². The predicted molar refractivity (Wildman–Crippen MR) is 79.5 cm³/mol. The van der Waals surface area contributed by atoms with Crippen LogP contribution < -0.4 is 4.74 Å². The summed E-state index contributed by atoms with van der Waals surface area (Å²) < 4.78 is 5.56. The lowest BCUT2D eigenvalue weighted by molar-refractivity contribution is 0.116. The quantitative estimate of drug-likeness (QED) is 0.784. The van der Waals surface area contributed by atoms with Crippen LogP contribution in [0.3, 0.4) is 0 Å². The van der Waals surface area contributed by atoms with Crippen LogP contribution >= 0.6 is 0 Å². The van der Waals surface area contributed by atoms with Crippen LogP contribution in [0, 0.1) is 5.92 Å². The van der Waals surface area contributed by atoms with Gasteiger partial charge in [0.2, 0.25) is 0 Å². The molecule has 0 aliphatic carbocycles. The molecular formula is C16H27NO2. The van der Waals surface area contributed by atoms with Gasteiger partial charge in [-0.05, 0) is 26.0 Å². The molecule has 2 unspecified atom stereocenters. The molecule has 1 N–H and O–H groups in total. The van der Waals surface area contributed by atoms with Gasteiger partial charge in [0.05, 0.1) is 12.7 Å². The maximum atomic E-state index is 10.4. The Labute approximate surface area is 117 Å². The standard InChI is InChI=1S/C16H27NO2/c1-5-13(3)11-17(4)12-15(18)14-9-7-8-10-16(14)19-6-2/h7-10,13,15,18H,5-6,11-12H2,1-4H3. The zero-order valence-corrected chi connectivity index (χ0v) is 12.6. The molecule has 0 amide bonds. The SMILES string of the molecule is CCOc1ccccc1C(O)CN(C)CC(C)CC. The summed E-state index contributed by atoms with van der Waals surface area (Å²) in [5.74, 6) is 1.44. The van der Waals surface area contributed by atoms with Crippen LogP contribution in [0.4, 0.5) is 0 Å². The van der Waals surface area contributed by atoms with Crippen molar-refractivity contribution in [1.82, 2.24) is 4.90 Å². The Morgan fingerprint density at radius 1 is 1.21 bits per heavy atom. The van der Waals surface area contributed by atoms with E-state index in [1.165, 1.54) is 0 Å². The number of likely N-dealkylation sites (N-methyl/N-ethyl adjacent to an activating group) is 1. The zero-order chi connectivity index (χ0) is 14.3. The van der Waals surface area contributed by atoms with E-state index in [-0.39, 0.29) is 0 Å². The average Bonchev–Trinajstić information content (AvgIpc) is 2.39. The Morgan fingerprint density at radius 2 is 1.89 bits per heavy atom. The van der Waals surface area contributed by atoms with E-state index in [2.05, 4.69) is 25.8 Å². The lowest BCUT2D eigenvalue weighted by Gasteiger charge is -2.24. The smallest absolute Gasteiger partial charge is 0.125 e. The molecule has 0 saturated heterocycles. The molecule has 1 aromatic carbocycles. The fraction of sp³-hybridized carbons (Fsp3) is 0.625. The van der Waals surface area contributed by atoms with E-state index < -0.39 is 6.10 Å². The highest BCUT2D eigenvalue weighted by Gasteiger charge is 2.16. The van der Waals surface area contributed by atoms with E-state index in [9.17, 15) is 5.11 Å². The molecule has 19 heavy (non-hydrogen) atoms. The summed E-state index contributed by atoms with van der Waals surface area (Å²) in [4.78, 5) is 2.18. The third-order valence-corrected chi connectivity index (χ3v) is 3.38. The van der Waals surface area contributed by atoms with E-state index in [1.54, 1.807) is 0 Å². The molecule has 108 valence electrons. The molecular weight excluding hydrogens is 238 g/mol. The second-order valence-electron chi connectivity index (χ2n) is 5.22. The molecule has 0 spiro atoms. The van der Waals surface area contributed by atoms with Crippen LogP contribution in [0.15, 0.2) is 24.3 Å². The van der Waals surface area contributed by atoms with Crippen LogP contribution in [-0.4, -0.2) is 36.8 Å². The fourth-order valence-corrected chi connectivity index (χ4v) is 2.17. The molecule has 0 aliphatic rings. The Morgan fingerprint density at radius 3 is 2.53 bits per heavy atom. The van der Waals surface area contributed by atoms with Crippen molar-refractivity contribution >= 4 is 0 Å². The Bertz CT molecular complexity index is 368. The van der Waals surface area contributed by atoms with Gasteiger partial charge >= 0.3 is 0 Å². The Kier molecular flexibility index (Phi) is 6.89.